The van der Waals surface area contributed by atoms with Crippen LogP contribution in [0.1, 0.15) is 20.3 Å². The van der Waals surface area contributed by atoms with Crippen molar-refractivity contribution >= 4 is 22.9 Å². The zero-order valence-electron chi connectivity index (χ0n) is 6.70. The van der Waals surface area contributed by atoms with Gasteiger partial charge in [0, 0.05) is 12.8 Å². The van der Waals surface area contributed by atoms with Crippen LogP contribution >= 0.6 is 22.9 Å². The van der Waals surface area contributed by atoms with E-state index in [4.69, 9.17) is 4.74 Å². The monoisotopic (exact) mass is 255 g/mol. The average Bonchev–Trinajstić information content (AvgIpc) is 1.99. The Balaban J connectivity index is 4.00. The van der Waals surface area contributed by atoms with Gasteiger partial charge in [-0.15, -0.1) is 0 Å². The molecule has 0 bridgehead atoms. The summed E-state index contributed by atoms with van der Waals surface area (Å²) < 4.78 is 8.07. The smallest absolute Gasteiger partial charge is 0.0864 e. The molecule has 0 radical (unpaired) electrons. The highest BCUT2D eigenvalue weighted by Gasteiger charge is 1.96. The van der Waals surface area contributed by atoms with Gasteiger partial charge in [-0.3, -0.25) is 0 Å². The van der Waals surface area contributed by atoms with Gasteiger partial charge in [0.2, 0.25) is 0 Å². The minimum atomic E-state index is 0.683. The van der Waals surface area contributed by atoms with E-state index in [2.05, 4.69) is 40.2 Å². The van der Waals surface area contributed by atoms with Crippen molar-refractivity contribution in [2.24, 2.45) is 0 Å². The molecule has 2 nitrogen and oxygen atoms in total. The lowest BCUT2D eigenvalue weighted by Crippen LogP contribution is -2.07. The molecule has 1 N–H and O–H groups in total. The van der Waals surface area contributed by atoms with Crippen molar-refractivity contribution in [1.29, 1.82) is 0 Å². The van der Waals surface area contributed by atoms with Crippen LogP contribution < -0.4 is 3.53 Å². The van der Waals surface area contributed by atoms with Gasteiger partial charge in [-0.1, -0.05) is 12.5 Å². The van der Waals surface area contributed by atoms with Gasteiger partial charge >= 0.3 is 0 Å². The van der Waals surface area contributed by atoms with Crippen LogP contribution in [0.15, 0.2) is 11.3 Å². The van der Waals surface area contributed by atoms with Gasteiger partial charge in [0.15, 0.2) is 0 Å². The van der Waals surface area contributed by atoms with Crippen LogP contribution in [0.3, 0.4) is 0 Å². The van der Waals surface area contributed by atoms with Crippen LogP contribution in [-0.4, -0.2) is 13.7 Å². The molecule has 0 aliphatic carbocycles. The predicted molar refractivity (Wildman–Crippen MR) is 52.0 cm³/mol. The molecule has 0 fully saturated rings. The van der Waals surface area contributed by atoms with Crippen molar-refractivity contribution < 1.29 is 4.74 Å². The first-order valence-electron chi connectivity index (χ1n) is 3.30. The average molecular weight is 255 g/mol. The third-order valence-electron chi connectivity index (χ3n) is 1.45. The Hall–Kier alpha value is 0.230. The molecule has 0 amide bonds. The number of ether oxygens (including phenoxy) is 1. The van der Waals surface area contributed by atoms with E-state index < -0.39 is 0 Å². The molecule has 0 saturated heterocycles. The largest absolute Gasteiger partial charge is 0.378 e. The Labute approximate surface area is 76.5 Å². The number of hydrogen-bond donors (Lipinski definition) is 1. The highest BCUT2D eigenvalue weighted by molar-refractivity contribution is 14.1. The van der Waals surface area contributed by atoms with E-state index >= 15 is 0 Å². The quantitative estimate of drug-likeness (QED) is 0.614. The molecule has 0 spiro atoms. The molecule has 0 aliphatic rings. The van der Waals surface area contributed by atoms with Gasteiger partial charge in [0.25, 0.3) is 0 Å². The van der Waals surface area contributed by atoms with Crippen LogP contribution in [0, 0.1) is 0 Å². The first kappa shape index (κ1) is 10.2. The van der Waals surface area contributed by atoms with Crippen molar-refractivity contribution in [3.8, 4) is 0 Å². The van der Waals surface area contributed by atoms with Gasteiger partial charge in [-0.2, -0.15) is 0 Å². The minimum Gasteiger partial charge on any atom is -0.378 e. The summed E-state index contributed by atoms with van der Waals surface area (Å²) in [4.78, 5) is 0. The van der Waals surface area contributed by atoms with E-state index in [1.165, 1.54) is 11.3 Å². The Bertz CT molecular complexity index is 123. The lowest BCUT2D eigenvalue weighted by molar-refractivity contribution is 0.222. The molecule has 10 heavy (non-hydrogen) atoms. The normalized spacial score (nSPS) is 12.8. The van der Waals surface area contributed by atoms with Crippen LogP contribution in [-0.2, 0) is 4.74 Å². The Kier molecular flexibility index (Phi) is 6.11. The highest BCUT2D eigenvalue weighted by atomic mass is 127. The van der Waals surface area contributed by atoms with Gasteiger partial charge in [-0.25, -0.2) is 0 Å². The summed E-state index contributed by atoms with van der Waals surface area (Å²) in [5.41, 5.74) is 2.54. The molecular weight excluding hydrogens is 241 g/mol. The molecule has 0 saturated carbocycles. The number of rotatable bonds is 4. The summed E-state index contributed by atoms with van der Waals surface area (Å²) in [5, 5.41) is 0. The number of halogens is 1. The summed E-state index contributed by atoms with van der Waals surface area (Å²) in [6, 6.07) is 0. The molecule has 0 aliphatic heterocycles. The fourth-order valence-electron chi connectivity index (χ4n) is 0.589. The first-order valence-corrected chi connectivity index (χ1v) is 4.38. The van der Waals surface area contributed by atoms with Crippen LogP contribution in [0.4, 0.5) is 0 Å². The number of methoxy groups -OCH3 is 1. The van der Waals surface area contributed by atoms with E-state index in [1.54, 1.807) is 7.11 Å². The van der Waals surface area contributed by atoms with Crippen molar-refractivity contribution in [1.82, 2.24) is 3.53 Å². The zero-order chi connectivity index (χ0) is 7.98. The fraction of sp³-hybridized carbons (Fsp3) is 0.714. The number of nitrogens with one attached hydrogen (secondary N) is 1. The molecule has 0 atom stereocenters. The second-order valence-electron chi connectivity index (χ2n) is 2.14. The Morgan fingerprint density at radius 1 is 1.60 bits per heavy atom. The topological polar surface area (TPSA) is 21.3 Å². The van der Waals surface area contributed by atoms with Gasteiger partial charge < -0.3 is 8.27 Å². The Morgan fingerprint density at radius 3 is 2.50 bits per heavy atom. The van der Waals surface area contributed by atoms with E-state index in [0.717, 1.165) is 6.42 Å². The second-order valence-corrected chi connectivity index (χ2v) is 2.68. The van der Waals surface area contributed by atoms with Crippen molar-refractivity contribution in [2.75, 3.05) is 13.7 Å². The SMILES string of the molecule is CC/C(C)=C(\COC)NI. The van der Waals surface area contributed by atoms with Gasteiger partial charge in [-0.05, 0) is 13.3 Å². The summed E-state index contributed by atoms with van der Waals surface area (Å²) >= 11 is 2.12. The molecule has 0 aromatic carbocycles. The lowest BCUT2D eigenvalue weighted by Gasteiger charge is -2.07. The van der Waals surface area contributed by atoms with E-state index in [0.29, 0.717) is 6.61 Å². The van der Waals surface area contributed by atoms with Crippen molar-refractivity contribution in [2.45, 2.75) is 20.3 Å². The van der Waals surface area contributed by atoms with Crippen LogP contribution in [0.5, 0.6) is 0 Å². The zero-order valence-corrected chi connectivity index (χ0v) is 8.86. The molecule has 3 heteroatoms. The third-order valence-corrected chi connectivity index (χ3v) is 2.10. The maximum atomic E-state index is 4.99. The number of hydrogen-bond acceptors (Lipinski definition) is 2. The lowest BCUT2D eigenvalue weighted by atomic mass is 10.2. The maximum absolute atomic E-state index is 4.99. The molecular formula is C7H14INO. The van der Waals surface area contributed by atoms with Crippen LogP contribution in [0.2, 0.25) is 0 Å². The third kappa shape index (κ3) is 3.41. The van der Waals surface area contributed by atoms with Crippen molar-refractivity contribution in [3.63, 3.8) is 0 Å². The van der Waals surface area contributed by atoms with Gasteiger partial charge in [0.05, 0.1) is 29.5 Å². The molecule has 0 unspecified atom stereocenters. The first-order chi connectivity index (χ1) is 4.76. The Morgan fingerprint density at radius 2 is 2.20 bits per heavy atom. The number of allylic oxidation sites excluding steroid dienone is 1. The summed E-state index contributed by atoms with van der Waals surface area (Å²) in [5.74, 6) is 0. The maximum Gasteiger partial charge on any atom is 0.0864 e. The molecule has 0 rings (SSSR count). The summed E-state index contributed by atoms with van der Waals surface area (Å²) in [6.45, 7) is 4.93. The second kappa shape index (κ2) is 5.97. The van der Waals surface area contributed by atoms with E-state index in [-0.39, 0.29) is 0 Å². The van der Waals surface area contributed by atoms with Crippen LogP contribution in [0.25, 0.3) is 0 Å². The summed E-state index contributed by atoms with van der Waals surface area (Å²) in [7, 11) is 1.71. The minimum absolute atomic E-state index is 0.683. The van der Waals surface area contributed by atoms with E-state index in [9.17, 15) is 0 Å². The molecule has 0 heterocycles. The van der Waals surface area contributed by atoms with Crippen molar-refractivity contribution in [3.05, 3.63) is 11.3 Å². The van der Waals surface area contributed by atoms with E-state index in [1.807, 2.05) is 0 Å². The molecule has 0 aromatic heterocycles. The fourth-order valence-corrected chi connectivity index (χ4v) is 1.20. The predicted octanol–water partition coefficient (Wildman–Crippen LogP) is 2.26. The standard InChI is InChI=1S/C7H14INO/c1-4-6(2)7(9-8)5-10-3/h9H,4-5H2,1-3H3/b7-6+. The molecule has 0 aromatic rings. The summed E-state index contributed by atoms with van der Waals surface area (Å²) in [6.07, 6.45) is 1.08. The highest BCUT2D eigenvalue weighted by Crippen LogP contribution is 2.06. The van der Waals surface area contributed by atoms with Gasteiger partial charge in [0.1, 0.15) is 0 Å². The molecule has 60 valence electrons.